The van der Waals surface area contributed by atoms with Crippen LogP contribution in [0.25, 0.3) is 10.9 Å². The van der Waals surface area contributed by atoms with Gasteiger partial charge in [-0.05, 0) is 6.07 Å². The number of para-hydroxylation sites is 1. The summed E-state index contributed by atoms with van der Waals surface area (Å²) in [7, 11) is 0. The number of morpholine rings is 1. The van der Waals surface area contributed by atoms with E-state index in [1.54, 1.807) is 11.1 Å². The van der Waals surface area contributed by atoms with Crippen LogP contribution in [-0.4, -0.2) is 50.7 Å². The van der Waals surface area contributed by atoms with Crippen LogP contribution in [-0.2, 0) is 4.74 Å². The van der Waals surface area contributed by atoms with Crippen LogP contribution in [0.3, 0.4) is 0 Å². The van der Waals surface area contributed by atoms with Gasteiger partial charge in [-0.25, -0.2) is 4.98 Å². The van der Waals surface area contributed by atoms with Gasteiger partial charge in [-0.15, -0.1) is 0 Å². The summed E-state index contributed by atoms with van der Waals surface area (Å²) >= 11 is 0. The molecule has 8 heteroatoms. The van der Waals surface area contributed by atoms with Crippen molar-refractivity contribution in [2.24, 2.45) is 0 Å². The summed E-state index contributed by atoms with van der Waals surface area (Å²) in [5.41, 5.74) is 7.68. The first-order chi connectivity index (χ1) is 11.7. The number of anilines is 1. The van der Waals surface area contributed by atoms with Gasteiger partial charge in [-0.1, -0.05) is 18.2 Å². The number of nitrogen functional groups attached to an aromatic ring is 1. The van der Waals surface area contributed by atoms with Crippen molar-refractivity contribution in [3.63, 3.8) is 0 Å². The second-order valence-electron chi connectivity index (χ2n) is 5.56. The molecule has 24 heavy (non-hydrogen) atoms. The molecule has 1 aliphatic heterocycles. The average molecular weight is 324 g/mol. The van der Waals surface area contributed by atoms with Gasteiger partial charge >= 0.3 is 0 Å². The maximum atomic E-state index is 12.9. The van der Waals surface area contributed by atoms with Crippen molar-refractivity contribution in [2.75, 3.05) is 25.4 Å². The van der Waals surface area contributed by atoms with Gasteiger partial charge in [-0.3, -0.25) is 14.9 Å². The molecule has 1 aromatic carbocycles. The van der Waals surface area contributed by atoms with E-state index in [0.29, 0.717) is 36.9 Å². The third-order valence-corrected chi connectivity index (χ3v) is 4.09. The van der Waals surface area contributed by atoms with Crippen LogP contribution in [0.2, 0.25) is 0 Å². The zero-order valence-electron chi connectivity index (χ0n) is 12.8. The second-order valence-corrected chi connectivity index (χ2v) is 5.56. The number of H-pyrrole nitrogens is 1. The van der Waals surface area contributed by atoms with Gasteiger partial charge in [-0.2, -0.15) is 5.10 Å². The number of carbonyl (C=O) groups excluding carboxylic acids is 1. The summed E-state index contributed by atoms with van der Waals surface area (Å²) in [6, 6.07) is 7.56. The van der Waals surface area contributed by atoms with E-state index in [2.05, 4.69) is 20.2 Å². The quantitative estimate of drug-likeness (QED) is 0.731. The predicted octanol–water partition coefficient (Wildman–Crippen LogP) is 1.15. The summed E-state index contributed by atoms with van der Waals surface area (Å²) in [6.07, 6.45) is 2.71. The molecule has 0 bridgehead atoms. The fraction of sp³-hybridized carbons (Fsp3) is 0.250. The predicted molar refractivity (Wildman–Crippen MR) is 87.1 cm³/mol. The van der Waals surface area contributed by atoms with Crippen molar-refractivity contribution < 1.29 is 9.53 Å². The molecule has 1 amide bonds. The van der Waals surface area contributed by atoms with Crippen LogP contribution < -0.4 is 5.73 Å². The van der Waals surface area contributed by atoms with Crippen molar-refractivity contribution >= 4 is 22.6 Å². The molecule has 1 atom stereocenters. The van der Waals surface area contributed by atoms with E-state index in [1.165, 1.54) is 6.20 Å². The van der Waals surface area contributed by atoms with Crippen LogP contribution >= 0.6 is 0 Å². The highest BCUT2D eigenvalue weighted by Crippen LogP contribution is 2.25. The summed E-state index contributed by atoms with van der Waals surface area (Å²) in [5.74, 6) is 0.185. The number of nitrogens with one attached hydrogen (secondary N) is 1. The summed E-state index contributed by atoms with van der Waals surface area (Å²) in [4.78, 5) is 22.8. The minimum atomic E-state index is -0.387. The number of fused-ring (bicyclic) bond motifs is 1. The van der Waals surface area contributed by atoms with Crippen LogP contribution in [0.5, 0.6) is 0 Å². The molecule has 4 rings (SSSR count). The first-order valence-corrected chi connectivity index (χ1v) is 7.64. The normalized spacial score (nSPS) is 18.0. The molecule has 1 saturated heterocycles. The molecule has 3 heterocycles. The molecular formula is C16H16N6O2. The minimum absolute atomic E-state index is 0.136. The number of hydrogen-bond donors (Lipinski definition) is 2. The molecule has 2 aromatic heterocycles. The highest BCUT2D eigenvalue weighted by molar-refractivity contribution is 6.04. The molecule has 1 aliphatic rings. The van der Waals surface area contributed by atoms with E-state index in [0.717, 1.165) is 10.9 Å². The molecule has 122 valence electrons. The molecule has 3 aromatic rings. The number of amides is 1. The van der Waals surface area contributed by atoms with Crippen molar-refractivity contribution in [1.29, 1.82) is 0 Å². The second kappa shape index (κ2) is 5.89. The molecule has 0 saturated carbocycles. The smallest absolute Gasteiger partial charge is 0.275 e. The van der Waals surface area contributed by atoms with E-state index in [9.17, 15) is 4.79 Å². The van der Waals surface area contributed by atoms with Crippen molar-refractivity contribution in [2.45, 2.75) is 6.10 Å². The van der Waals surface area contributed by atoms with Crippen molar-refractivity contribution in [3.8, 4) is 0 Å². The molecule has 0 aliphatic carbocycles. The molecular weight excluding hydrogens is 308 g/mol. The van der Waals surface area contributed by atoms with Crippen LogP contribution in [0, 0.1) is 0 Å². The first-order valence-electron chi connectivity index (χ1n) is 7.64. The third kappa shape index (κ3) is 2.46. The highest BCUT2D eigenvalue weighted by Gasteiger charge is 2.30. The molecule has 0 radical (unpaired) electrons. The average Bonchev–Trinajstić information content (AvgIpc) is 3.06. The molecule has 0 unspecified atom stereocenters. The van der Waals surface area contributed by atoms with Gasteiger partial charge in [0.05, 0.1) is 18.7 Å². The highest BCUT2D eigenvalue weighted by atomic mass is 16.5. The fourth-order valence-electron chi connectivity index (χ4n) is 2.88. The molecule has 3 N–H and O–H groups in total. The molecule has 0 spiro atoms. The maximum absolute atomic E-state index is 12.9. The summed E-state index contributed by atoms with van der Waals surface area (Å²) in [5, 5.41) is 7.87. The lowest BCUT2D eigenvalue weighted by Gasteiger charge is -2.32. The summed E-state index contributed by atoms with van der Waals surface area (Å²) in [6.45, 7) is 1.27. The van der Waals surface area contributed by atoms with Gasteiger partial charge in [0.15, 0.2) is 5.69 Å². The number of benzene rings is 1. The lowest BCUT2D eigenvalue weighted by molar-refractivity contribution is -0.0246. The number of ether oxygens (including phenoxy) is 1. The number of aromatic nitrogens is 4. The Morgan fingerprint density at radius 1 is 1.29 bits per heavy atom. The van der Waals surface area contributed by atoms with Gasteiger partial charge in [0.1, 0.15) is 17.6 Å². The largest absolute Gasteiger partial charge is 0.382 e. The van der Waals surface area contributed by atoms with E-state index in [1.807, 2.05) is 24.3 Å². The van der Waals surface area contributed by atoms with Crippen LogP contribution in [0.1, 0.15) is 22.3 Å². The van der Waals surface area contributed by atoms with Crippen LogP contribution in [0.4, 0.5) is 5.82 Å². The topological polar surface area (TPSA) is 110 Å². The zero-order valence-corrected chi connectivity index (χ0v) is 12.8. The van der Waals surface area contributed by atoms with Gasteiger partial charge in [0.25, 0.3) is 5.91 Å². The Bertz CT molecular complexity index is 893. The Morgan fingerprint density at radius 3 is 3.00 bits per heavy atom. The fourth-order valence-corrected chi connectivity index (χ4v) is 2.88. The number of aromatic amines is 1. The molecule has 1 fully saturated rings. The number of nitrogens with two attached hydrogens (primary N) is 1. The van der Waals surface area contributed by atoms with Gasteiger partial charge in [0.2, 0.25) is 0 Å². The maximum Gasteiger partial charge on any atom is 0.275 e. The standard InChI is InChI=1S/C16H16N6O2/c17-15-14(18-5-6-19-15)12-9-22(7-8-24-12)16(23)13-10-3-1-2-4-11(10)20-21-13/h1-6,12H,7-9H2,(H2,17,19)(H,20,21)/t12-/m1/s1. The molecule has 8 nitrogen and oxygen atoms in total. The Hall–Kier alpha value is -3.00. The Balaban J connectivity index is 1.60. The van der Waals surface area contributed by atoms with Crippen LogP contribution in [0.15, 0.2) is 36.7 Å². The Kier molecular flexibility index (Phi) is 3.58. The monoisotopic (exact) mass is 324 g/mol. The third-order valence-electron chi connectivity index (χ3n) is 4.09. The minimum Gasteiger partial charge on any atom is -0.382 e. The van der Waals surface area contributed by atoms with Crippen molar-refractivity contribution in [3.05, 3.63) is 48.0 Å². The number of carbonyl (C=O) groups is 1. The van der Waals surface area contributed by atoms with Gasteiger partial charge in [0, 0.05) is 24.3 Å². The number of hydrogen-bond acceptors (Lipinski definition) is 6. The zero-order chi connectivity index (χ0) is 16.5. The summed E-state index contributed by atoms with van der Waals surface area (Å²) < 4.78 is 5.73. The Labute approximate surface area is 137 Å². The number of nitrogens with zero attached hydrogens (tertiary/aromatic N) is 4. The van der Waals surface area contributed by atoms with E-state index in [-0.39, 0.29) is 12.0 Å². The van der Waals surface area contributed by atoms with E-state index < -0.39 is 0 Å². The van der Waals surface area contributed by atoms with Gasteiger partial charge < -0.3 is 15.4 Å². The first kappa shape index (κ1) is 14.6. The van der Waals surface area contributed by atoms with E-state index in [4.69, 9.17) is 10.5 Å². The SMILES string of the molecule is Nc1nccnc1[C@H]1CN(C(=O)c2n[nH]c3ccccc23)CCO1. The lowest BCUT2D eigenvalue weighted by Crippen LogP contribution is -2.42. The van der Waals surface area contributed by atoms with Crippen molar-refractivity contribution in [1.82, 2.24) is 25.1 Å². The van der Waals surface area contributed by atoms with E-state index >= 15 is 0 Å². The number of rotatable bonds is 2. The Morgan fingerprint density at radius 2 is 2.12 bits per heavy atom. The lowest BCUT2D eigenvalue weighted by atomic mass is 10.1.